The molecule has 1 aromatic carbocycles. The molecule has 7 heteroatoms. The lowest BCUT2D eigenvalue weighted by molar-refractivity contribution is 0.174. The normalized spacial score (nSPS) is 12.2. The van der Waals surface area contributed by atoms with Crippen LogP contribution >= 0.6 is 12.2 Å². The van der Waals surface area contributed by atoms with Crippen molar-refractivity contribution in [2.45, 2.75) is 0 Å². The molecule has 0 saturated carbocycles. The molecule has 0 radical (unpaired) electrons. The number of nitrogens with one attached hydrogen (secondary N) is 1. The fourth-order valence-electron chi connectivity index (χ4n) is 1.64. The van der Waals surface area contributed by atoms with Crippen LogP contribution in [0.2, 0.25) is 0 Å². The van der Waals surface area contributed by atoms with Gasteiger partial charge in [-0.15, -0.1) is 0 Å². The standard InChI is InChI=1S/C12H10N4O2S/c13-12(19)8-4-15-11(5-14-8)16-7-1-2-9-10(3-7)18-6-17-9/h1-5H,6H2,(H2,13,19)(H,15,16). The van der Waals surface area contributed by atoms with E-state index in [9.17, 15) is 0 Å². The summed E-state index contributed by atoms with van der Waals surface area (Å²) in [5.41, 5.74) is 6.78. The van der Waals surface area contributed by atoms with Crippen molar-refractivity contribution in [3.05, 3.63) is 36.3 Å². The van der Waals surface area contributed by atoms with Gasteiger partial charge in [0.2, 0.25) is 6.79 Å². The molecule has 19 heavy (non-hydrogen) atoms. The van der Waals surface area contributed by atoms with Crippen molar-refractivity contribution >= 4 is 28.7 Å². The number of benzene rings is 1. The highest BCUT2D eigenvalue weighted by atomic mass is 32.1. The molecule has 0 unspecified atom stereocenters. The van der Waals surface area contributed by atoms with Crippen molar-refractivity contribution in [1.29, 1.82) is 0 Å². The molecule has 1 aliphatic rings. The molecule has 0 fully saturated rings. The van der Waals surface area contributed by atoms with Gasteiger partial charge >= 0.3 is 0 Å². The van der Waals surface area contributed by atoms with Crippen LogP contribution in [0, 0.1) is 0 Å². The van der Waals surface area contributed by atoms with E-state index in [1.807, 2.05) is 18.2 Å². The van der Waals surface area contributed by atoms with Gasteiger partial charge in [0.05, 0.1) is 12.4 Å². The first-order chi connectivity index (χ1) is 9.22. The highest BCUT2D eigenvalue weighted by Crippen LogP contribution is 2.34. The number of nitrogens with zero attached hydrogens (tertiary/aromatic N) is 2. The van der Waals surface area contributed by atoms with Crippen LogP contribution in [0.4, 0.5) is 11.5 Å². The number of fused-ring (bicyclic) bond motifs is 1. The Morgan fingerprint density at radius 3 is 2.79 bits per heavy atom. The molecule has 3 N–H and O–H groups in total. The van der Waals surface area contributed by atoms with Gasteiger partial charge in [0, 0.05) is 11.8 Å². The second-order valence-corrected chi connectivity index (χ2v) is 4.28. The van der Waals surface area contributed by atoms with Gasteiger partial charge in [-0.25, -0.2) is 9.97 Å². The zero-order chi connectivity index (χ0) is 13.2. The second-order valence-electron chi connectivity index (χ2n) is 3.84. The Labute approximate surface area is 114 Å². The maximum Gasteiger partial charge on any atom is 0.231 e. The third-order valence-electron chi connectivity index (χ3n) is 2.55. The smallest absolute Gasteiger partial charge is 0.231 e. The number of rotatable bonds is 3. The van der Waals surface area contributed by atoms with Crippen LogP contribution in [0.25, 0.3) is 0 Å². The van der Waals surface area contributed by atoms with Crippen LogP contribution < -0.4 is 20.5 Å². The van der Waals surface area contributed by atoms with Crippen LogP contribution in [0.1, 0.15) is 5.69 Å². The highest BCUT2D eigenvalue weighted by Gasteiger charge is 2.13. The molecule has 2 heterocycles. The fourth-order valence-corrected chi connectivity index (χ4v) is 1.75. The lowest BCUT2D eigenvalue weighted by Gasteiger charge is -2.06. The Balaban J connectivity index is 1.79. The Kier molecular flexibility index (Phi) is 2.88. The molecule has 0 aliphatic carbocycles. The summed E-state index contributed by atoms with van der Waals surface area (Å²) in [7, 11) is 0. The molecule has 1 aromatic heterocycles. The van der Waals surface area contributed by atoms with Crippen LogP contribution in [-0.2, 0) is 0 Å². The number of aromatic nitrogens is 2. The van der Waals surface area contributed by atoms with E-state index in [-0.39, 0.29) is 11.8 Å². The predicted molar refractivity (Wildman–Crippen MR) is 73.8 cm³/mol. The van der Waals surface area contributed by atoms with E-state index in [1.54, 1.807) is 6.20 Å². The minimum absolute atomic E-state index is 0.224. The largest absolute Gasteiger partial charge is 0.454 e. The van der Waals surface area contributed by atoms with Gasteiger partial charge in [-0.3, -0.25) is 0 Å². The number of thiocarbonyl (C=S) groups is 1. The first-order valence-electron chi connectivity index (χ1n) is 5.51. The van der Waals surface area contributed by atoms with E-state index >= 15 is 0 Å². The molecule has 3 rings (SSSR count). The maximum atomic E-state index is 5.46. The van der Waals surface area contributed by atoms with Gasteiger partial charge in [-0.05, 0) is 12.1 Å². The number of hydrogen-bond acceptors (Lipinski definition) is 6. The first-order valence-corrected chi connectivity index (χ1v) is 5.92. The van der Waals surface area contributed by atoms with E-state index in [2.05, 4.69) is 15.3 Å². The quantitative estimate of drug-likeness (QED) is 0.822. The molecule has 1 aliphatic heterocycles. The Bertz CT molecular complexity index is 630. The van der Waals surface area contributed by atoms with E-state index < -0.39 is 0 Å². The van der Waals surface area contributed by atoms with Crippen molar-refractivity contribution < 1.29 is 9.47 Å². The SMILES string of the molecule is NC(=S)c1cnc(Nc2ccc3c(c2)OCO3)cn1. The molecule has 2 aromatic rings. The average molecular weight is 274 g/mol. The number of ether oxygens (including phenoxy) is 2. The molecule has 6 nitrogen and oxygen atoms in total. The molecule has 96 valence electrons. The molecule has 0 atom stereocenters. The molecule has 0 amide bonds. The summed E-state index contributed by atoms with van der Waals surface area (Å²) in [5, 5.41) is 3.11. The Morgan fingerprint density at radius 1 is 1.21 bits per heavy atom. The van der Waals surface area contributed by atoms with E-state index in [0.29, 0.717) is 17.3 Å². The molecular formula is C12H10N4O2S. The van der Waals surface area contributed by atoms with Gasteiger partial charge in [0.15, 0.2) is 11.5 Å². The summed E-state index contributed by atoms with van der Waals surface area (Å²) < 4.78 is 10.5. The zero-order valence-corrected chi connectivity index (χ0v) is 10.6. The summed E-state index contributed by atoms with van der Waals surface area (Å²) in [6.07, 6.45) is 3.09. The number of anilines is 2. The summed E-state index contributed by atoms with van der Waals surface area (Å²) in [4.78, 5) is 8.50. The van der Waals surface area contributed by atoms with Crippen molar-refractivity contribution in [2.24, 2.45) is 5.73 Å². The Hall–Kier alpha value is -2.41. The van der Waals surface area contributed by atoms with Crippen LogP contribution in [-0.4, -0.2) is 21.7 Å². The number of nitrogens with two attached hydrogens (primary N) is 1. The third kappa shape index (κ3) is 2.41. The van der Waals surface area contributed by atoms with E-state index in [1.165, 1.54) is 6.20 Å². The summed E-state index contributed by atoms with van der Waals surface area (Å²) in [5.74, 6) is 2.04. The topological polar surface area (TPSA) is 82.3 Å². The minimum Gasteiger partial charge on any atom is -0.454 e. The highest BCUT2D eigenvalue weighted by molar-refractivity contribution is 7.80. The number of hydrogen-bond donors (Lipinski definition) is 2. The van der Waals surface area contributed by atoms with Gasteiger partial charge in [-0.2, -0.15) is 0 Å². The van der Waals surface area contributed by atoms with Crippen molar-refractivity contribution in [3.8, 4) is 11.5 Å². The summed E-state index contributed by atoms with van der Waals surface area (Å²) in [6.45, 7) is 0.251. The zero-order valence-electron chi connectivity index (χ0n) is 9.79. The first kappa shape index (κ1) is 11.7. The lowest BCUT2D eigenvalue weighted by Crippen LogP contribution is -2.12. The van der Waals surface area contributed by atoms with Gasteiger partial charge in [0.1, 0.15) is 16.5 Å². The van der Waals surface area contributed by atoms with E-state index in [0.717, 1.165) is 11.4 Å². The van der Waals surface area contributed by atoms with Crippen LogP contribution in [0.3, 0.4) is 0 Å². The van der Waals surface area contributed by atoms with Crippen molar-refractivity contribution in [3.63, 3.8) is 0 Å². The van der Waals surface area contributed by atoms with Crippen LogP contribution in [0.15, 0.2) is 30.6 Å². The predicted octanol–water partition coefficient (Wildman–Crippen LogP) is 1.58. The Morgan fingerprint density at radius 2 is 2.05 bits per heavy atom. The molecular weight excluding hydrogens is 264 g/mol. The van der Waals surface area contributed by atoms with Crippen LogP contribution in [0.5, 0.6) is 11.5 Å². The average Bonchev–Trinajstić information content (AvgIpc) is 2.87. The summed E-state index contributed by atoms with van der Waals surface area (Å²) in [6, 6.07) is 5.55. The van der Waals surface area contributed by atoms with E-state index in [4.69, 9.17) is 27.4 Å². The maximum absolute atomic E-state index is 5.46. The molecule has 0 saturated heterocycles. The fraction of sp³-hybridized carbons (Fsp3) is 0.0833. The minimum atomic E-state index is 0.224. The third-order valence-corrected chi connectivity index (χ3v) is 2.76. The monoisotopic (exact) mass is 274 g/mol. The van der Waals surface area contributed by atoms with Crippen molar-refractivity contribution in [2.75, 3.05) is 12.1 Å². The van der Waals surface area contributed by atoms with Gasteiger partial charge in [0.25, 0.3) is 0 Å². The second kappa shape index (κ2) is 4.69. The summed E-state index contributed by atoms with van der Waals surface area (Å²) >= 11 is 4.81. The molecule has 0 spiro atoms. The lowest BCUT2D eigenvalue weighted by atomic mass is 10.3. The van der Waals surface area contributed by atoms with Gasteiger partial charge in [-0.1, -0.05) is 12.2 Å². The van der Waals surface area contributed by atoms with Crippen molar-refractivity contribution in [1.82, 2.24) is 9.97 Å². The van der Waals surface area contributed by atoms with Gasteiger partial charge < -0.3 is 20.5 Å². The molecule has 0 bridgehead atoms.